The lowest BCUT2D eigenvalue weighted by molar-refractivity contribution is -0.114. The summed E-state index contributed by atoms with van der Waals surface area (Å²) in [6, 6.07) is 6.64. The molecule has 274 valence electrons. The normalized spacial score (nSPS) is 16.4. The van der Waals surface area contributed by atoms with Crippen molar-refractivity contribution in [3.8, 4) is 11.1 Å². The van der Waals surface area contributed by atoms with Gasteiger partial charge in [0.15, 0.2) is 11.6 Å². The number of hydrogen-bond donors (Lipinski definition) is 0. The minimum atomic E-state index is -0.346. The van der Waals surface area contributed by atoms with E-state index in [2.05, 4.69) is 20.5 Å². The van der Waals surface area contributed by atoms with Crippen molar-refractivity contribution in [1.82, 2.24) is 0 Å². The molecule has 6 nitrogen and oxygen atoms in total. The zero-order valence-electron chi connectivity index (χ0n) is 31.9. The Morgan fingerprint density at radius 1 is 0.481 bits per heavy atom. The third kappa shape index (κ3) is 9.57. The Morgan fingerprint density at radius 2 is 0.808 bits per heavy atom. The Morgan fingerprint density at radius 3 is 1.13 bits per heavy atom. The number of benzene rings is 2. The second-order valence-electron chi connectivity index (χ2n) is 17.2. The number of rotatable bonds is 5. The quantitative estimate of drug-likeness (QED) is 0.283. The fraction of sp³-hybridized carbons (Fsp3) is 0.381. The largest absolute Gasteiger partial charge is 0.289 e. The van der Waals surface area contributed by atoms with Crippen molar-refractivity contribution in [3.63, 3.8) is 0 Å². The standard InChI is InChI=1S/C42H46Cl4N4O2/c1-39(2,3)27-13-23(14-28(37(27)51)40(4,5)6)21-47-49-26-19-31(43)35(32(44)20-26)25-17-33(45)36(34(46)18-25)50-48-22-24-15-29(41(7,8)9)38(52)30(16-24)42(10,11)12/h13-22H,1-12H3. The summed E-state index contributed by atoms with van der Waals surface area (Å²) >= 11 is 26.8. The molecular formula is C42H46Cl4N4O2. The molecule has 52 heavy (non-hydrogen) atoms. The molecule has 2 aromatic carbocycles. The summed E-state index contributed by atoms with van der Waals surface area (Å²) in [6.07, 6.45) is 10.6. The van der Waals surface area contributed by atoms with Gasteiger partial charge in [0.2, 0.25) is 0 Å². The minimum absolute atomic E-state index is 0.0407. The predicted molar refractivity (Wildman–Crippen MR) is 217 cm³/mol. The van der Waals surface area contributed by atoms with Gasteiger partial charge in [-0.05, 0) is 86.9 Å². The Balaban J connectivity index is 1.63. The zero-order valence-corrected chi connectivity index (χ0v) is 34.9. The SMILES string of the molecule is CC(C)(C)C1=CC(=CN=Nc2cc(Cl)c(-c3cc(Cl)c(N=NC=C4C=C(C(C)(C)C)C(=O)C(C(C)(C)C)=C4)c(Cl)c3)c(Cl)c2)C=C(C(C)(C)C)C1=O. The van der Waals surface area contributed by atoms with E-state index in [1.54, 1.807) is 36.7 Å². The molecule has 0 aromatic heterocycles. The highest BCUT2D eigenvalue weighted by molar-refractivity contribution is 6.41. The average molecular weight is 781 g/mol. The summed E-state index contributed by atoms with van der Waals surface area (Å²) in [5.74, 6) is 0.0910. The van der Waals surface area contributed by atoms with Gasteiger partial charge in [-0.3, -0.25) is 9.59 Å². The molecule has 0 heterocycles. The fourth-order valence-electron chi connectivity index (χ4n) is 5.69. The highest BCUT2D eigenvalue weighted by Gasteiger charge is 2.35. The molecule has 0 saturated carbocycles. The van der Waals surface area contributed by atoms with Gasteiger partial charge in [0.1, 0.15) is 5.69 Å². The van der Waals surface area contributed by atoms with E-state index in [9.17, 15) is 9.59 Å². The number of halogens is 4. The Kier molecular flexibility index (Phi) is 12.0. The van der Waals surface area contributed by atoms with Gasteiger partial charge < -0.3 is 0 Å². The molecule has 10 heteroatoms. The van der Waals surface area contributed by atoms with E-state index in [1.807, 2.05) is 107 Å². The first-order chi connectivity index (χ1) is 23.8. The van der Waals surface area contributed by atoms with Crippen LogP contribution in [0.4, 0.5) is 11.4 Å². The van der Waals surface area contributed by atoms with Crippen molar-refractivity contribution in [1.29, 1.82) is 0 Å². The van der Waals surface area contributed by atoms with Gasteiger partial charge >= 0.3 is 0 Å². The third-order valence-electron chi connectivity index (χ3n) is 8.53. The van der Waals surface area contributed by atoms with Gasteiger partial charge in [-0.25, -0.2) is 0 Å². The van der Waals surface area contributed by atoms with Crippen molar-refractivity contribution in [2.45, 2.75) is 83.1 Å². The van der Waals surface area contributed by atoms with Gasteiger partial charge in [-0.2, -0.15) is 15.3 Å². The monoisotopic (exact) mass is 778 g/mol. The number of ketones is 2. The first-order valence-electron chi connectivity index (χ1n) is 17.0. The van der Waals surface area contributed by atoms with Crippen LogP contribution in [-0.2, 0) is 9.59 Å². The molecule has 0 fully saturated rings. The summed E-state index contributed by atoms with van der Waals surface area (Å²) in [5, 5.41) is 18.4. The van der Waals surface area contributed by atoms with E-state index in [0.717, 1.165) is 22.3 Å². The lowest BCUT2D eigenvalue weighted by Crippen LogP contribution is -2.27. The Hall–Kier alpha value is -3.42. The molecule has 0 aliphatic heterocycles. The first kappa shape index (κ1) is 41.3. The van der Waals surface area contributed by atoms with Crippen LogP contribution >= 0.6 is 46.4 Å². The topological polar surface area (TPSA) is 83.6 Å². The highest BCUT2D eigenvalue weighted by Crippen LogP contribution is 2.45. The van der Waals surface area contributed by atoms with Gasteiger partial charge in [0.05, 0.1) is 38.2 Å². The number of Topliss-reactive ketones (excluding diaryl/α,β-unsaturated/α-hetero) is 2. The molecule has 0 unspecified atom stereocenters. The van der Waals surface area contributed by atoms with Crippen molar-refractivity contribution in [2.75, 3.05) is 0 Å². The van der Waals surface area contributed by atoms with Crippen LogP contribution in [0.15, 0.2) is 115 Å². The number of azo groups is 2. The van der Waals surface area contributed by atoms with E-state index in [0.29, 0.717) is 38.0 Å². The average Bonchev–Trinajstić information content (AvgIpc) is 2.97. The fourth-order valence-corrected chi connectivity index (χ4v) is 6.95. The molecule has 0 N–H and O–H groups in total. The summed E-state index contributed by atoms with van der Waals surface area (Å²) in [4.78, 5) is 26.5. The molecule has 0 atom stereocenters. The maximum Gasteiger partial charge on any atom is 0.186 e. The predicted octanol–water partition coefficient (Wildman–Crippen LogP) is 15.0. The van der Waals surface area contributed by atoms with E-state index in [4.69, 9.17) is 46.4 Å². The molecule has 0 spiro atoms. The molecule has 0 radical (unpaired) electrons. The number of carbonyl (C=O) groups is 2. The van der Waals surface area contributed by atoms with E-state index in [-0.39, 0.29) is 49.0 Å². The Bertz CT molecular complexity index is 1960. The lowest BCUT2D eigenvalue weighted by Gasteiger charge is -2.31. The number of hydrogen-bond acceptors (Lipinski definition) is 6. The molecule has 2 aromatic rings. The van der Waals surface area contributed by atoms with Crippen LogP contribution in [0.25, 0.3) is 11.1 Å². The van der Waals surface area contributed by atoms with Crippen molar-refractivity contribution in [2.24, 2.45) is 42.1 Å². The number of nitrogens with zero attached hydrogens (tertiary/aromatic N) is 4. The molecule has 0 bridgehead atoms. The molecule has 2 aliphatic carbocycles. The van der Waals surface area contributed by atoms with E-state index < -0.39 is 0 Å². The van der Waals surface area contributed by atoms with Crippen LogP contribution in [0.2, 0.25) is 20.1 Å². The minimum Gasteiger partial charge on any atom is -0.289 e. The summed E-state index contributed by atoms with van der Waals surface area (Å²) < 4.78 is 0. The molecule has 0 amide bonds. The summed E-state index contributed by atoms with van der Waals surface area (Å²) in [7, 11) is 0. The van der Waals surface area contributed by atoms with Crippen molar-refractivity contribution < 1.29 is 9.59 Å². The maximum absolute atomic E-state index is 13.3. The maximum atomic E-state index is 13.3. The number of allylic oxidation sites excluding steroid dienone is 10. The second kappa shape index (κ2) is 15.1. The smallest absolute Gasteiger partial charge is 0.186 e. The van der Waals surface area contributed by atoms with Crippen LogP contribution in [0.1, 0.15) is 83.1 Å². The van der Waals surface area contributed by atoms with Crippen LogP contribution in [0.3, 0.4) is 0 Å². The first-order valence-corrected chi connectivity index (χ1v) is 18.5. The Labute approximate surface area is 328 Å². The van der Waals surface area contributed by atoms with Gasteiger partial charge in [-0.1, -0.05) is 129 Å². The van der Waals surface area contributed by atoms with Crippen LogP contribution in [0, 0.1) is 21.7 Å². The molecule has 4 rings (SSSR count). The molecule has 2 aliphatic rings. The van der Waals surface area contributed by atoms with Crippen LogP contribution < -0.4 is 0 Å². The molecule has 0 saturated heterocycles. The second-order valence-corrected chi connectivity index (χ2v) is 18.8. The summed E-state index contributed by atoms with van der Waals surface area (Å²) in [6.45, 7) is 24.2. The van der Waals surface area contributed by atoms with Crippen molar-refractivity contribution in [3.05, 3.63) is 114 Å². The van der Waals surface area contributed by atoms with Crippen molar-refractivity contribution >= 4 is 69.3 Å². The van der Waals surface area contributed by atoms with E-state index in [1.165, 1.54) is 0 Å². The number of carbonyl (C=O) groups excluding carboxylic acids is 2. The van der Waals surface area contributed by atoms with Gasteiger partial charge in [0.25, 0.3) is 0 Å². The van der Waals surface area contributed by atoms with Crippen LogP contribution in [-0.4, -0.2) is 11.6 Å². The third-order valence-corrected chi connectivity index (χ3v) is 9.70. The zero-order chi connectivity index (χ0) is 39.1. The van der Waals surface area contributed by atoms with Crippen LogP contribution in [0.5, 0.6) is 0 Å². The van der Waals surface area contributed by atoms with Gasteiger partial charge in [-0.15, -0.1) is 5.11 Å². The lowest BCUT2D eigenvalue weighted by atomic mass is 9.72. The van der Waals surface area contributed by atoms with E-state index >= 15 is 0 Å². The highest BCUT2D eigenvalue weighted by atomic mass is 35.5. The van der Waals surface area contributed by atoms with Gasteiger partial charge in [0, 0.05) is 27.9 Å². The summed E-state index contributed by atoms with van der Waals surface area (Å²) in [5.41, 5.74) is 4.84. The molecular weight excluding hydrogens is 734 g/mol.